The van der Waals surface area contributed by atoms with Crippen LogP contribution in [0.3, 0.4) is 0 Å². The van der Waals surface area contributed by atoms with E-state index in [0.29, 0.717) is 0 Å². The lowest BCUT2D eigenvalue weighted by Gasteiger charge is -2.19. The Morgan fingerprint density at radius 1 is 1.32 bits per heavy atom. The van der Waals surface area contributed by atoms with Gasteiger partial charge in [0.15, 0.2) is 0 Å². The number of carbonyl (C=O) groups excluding carboxylic acids is 1. The molecule has 0 heterocycles. The molecule has 1 rings (SSSR count). The van der Waals surface area contributed by atoms with Gasteiger partial charge in [-0.25, -0.2) is 4.79 Å². The fourth-order valence-corrected chi connectivity index (χ4v) is 1.73. The van der Waals surface area contributed by atoms with Crippen LogP contribution in [0.15, 0.2) is 24.3 Å². The number of ether oxygens (including phenoxy) is 1. The maximum absolute atomic E-state index is 11.7. The van der Waals surface area contributed by atoms with E-state index in [2.05, 4.69) is 10.6 Å². The minimum atomic E-state index is -0.274. The highest BCUT2D eigenvalue weighted by molar-refractivity contribution is 5.74. The number of hydrogen-bond acceptors (Lipinski definition) is 3. The minimum Gasteiger partial charge on any atom is -0.497 e. The summed E-state index contributed by atoms with van der Waals surface area (Å²) in [5.74, 6) is 0.789. The van der Waals surface area contributed by atoms with Crippen molar-refractivity contribution in [1.82, 2.24) is 10.6 Å². The predicted molar refractivity (Wildman–Crippen MR) is 74.2 cm³/mol. The number of methoxy groups -OCH3 is 1. The molecule has 0 saturated carbocycles. The molecular formula is C14H22N2O3. The topological polar surface area (TPSA) is 70.6 Å². The fourth-order valence-electron chi connectivity index (χ4n) is 1.73. The van der Waals surface area contributed by atoms with Gasteiger partial charge in [0.1, 0.15) is 5.75 Å². The van der Waals surface area contributed by atoms with Gasteiger partial charge in [-0.2, -0.15) is 0 Å². The lowest BCUT2D eigenvalue weighted by molar-refractivity contribution is 0.217. The summed E-state index contributed by atoms with van der Waals surface area (Å²) < 4.78 is 5.10. The third-order valence-corrected chi connectivity index (χ3v) is 2.88. The van der Waals surface area contributed by atoms with Crippen LogP contribution in [-0.2, 0) is 0 Å². The standard InChI is InChI=1S/C14H22N2O3/c1-4-13(16-14(18)15-10(2)9-17)11-5-7-12(19-3)8-6-11/h5-8,10,13,17H,4,9H2,1-3H3,(H2,15,16,18). The first-order valence-corrected chi connectivity index (χ1v) is 6.42. The van der Waals surface area contributed by atoms with Gasteiger partial charge in [0.05, 0.1) is 25.8 Å². The van der Waals surface area contributed by atoms with Gasteiger partial charge in [0.2, 0.25) is 0 Å². The van der Waals surface area contributed by atoms with Gasteiger partial charge >= 0.3 is 6.03 Å². The first kappa shape index (κ1) is 15.3. The highest BCUT2D eigenvalue weighted by Gasteiger charge is 2.13. The van der Waals surface area contributed by atoms with Crippen molar-refractivity contribution in [1.29, 1.82) is 0 Å². The summed E-state index contributed by atoms with van der Waals surface area (Å²) in [6, 6.07) is 7.02. The molecule has 5 heteroatoms. The van der Waals surface area contributed by atoms with Crippen LogP contribution in [0, 0.1) is 0 Å². The van der Waals surface area contributed by atoms with Gasteiger partial charge < -0.3 is 20.5 Å². The Balaban J connectivity index is 2.64. The Morgan fingerprint density at radius 2 is 1.95 bits per heavy atom. The number of aliphatic hydroxyl groups is 1. The van der Waals surface area contributed by atoms with Crippen molar-refractivity contribution in [3.8, 4) is 5.75 Å². The zero-order valence-corrected chi connectivity index (χ0v) is 11.6. The maximum atomic E-state index is 11.7. The predicted octanol–water partition coefficient (Wildman–Crippen LogP) is 1.83. The van der Waals surface area contributed by atoms with E-state index in [1.807, 2.05) is 31.2 Å². The van der Waals surface area contributed by atoms with Gasteiger partial charge in [0.25, 0.3) is 0 Å². The first-order chi connectivity index (χ1) is 9.10. The molecule has 1 aromatic rings. The van der Waals surface area contributed by atoms with Gasteiger partial charge in [-0.05, 0) is 31.0 Å². The molecule has 0 aliphatic rings. The van der Waals surface area contributed by atoms with Crippen molar-refractivity contribution in [2.24, 2.45) is 0 Å². The lowest BCUT2D eigenvalue weighted by Crippen LogP contribution is -2.43. The summed E-state index contributed by atoms with van der Waals surface area (Å²) >= 11 is 0. The number of urea groups is 1. The van der Waals surface area contributed by atoms with Crippen molar-refractivity contribution in [3.05, 3.63) is 29.8 Å². The van der Waals surface area contributed by atoms with Crippen molar-refractivity contribution >= 4 is 6.03 Å². The van der Waals surface area contributed by atoms with Crippen LogP contribution < -0.4 is 15.4 Å². The average Bonchev–Trinajstić information content (AvgIpc) is 2.44. The van der Waals surface area contributed by atoms with Gasteiger partial charge in [-0.1, -0.05) is 19.1 Å². The molecule has 0 bridgehead atoms. The number of hydrogen-bond donors (Lipinski definition) is 3. The van der Waals surface area contributed by atoms with E-state index in [9.17, 15) is 4.79 Å². The van der Waals surface area contributed by atoms with E-state index in [1.54, 1.807) is 14.0 Å². The van der Waals surface area contributed by atoms with E-state index in [1.165, 1.54) is 0 Å². The van der Waals surface area contributed by atoms with Gasteiger partial charge in [0, 0.05) is 0 Å². The molecule has 5 nitrogen and oxygen atoms in total. The van der Waals surface area contributed by atoms with E-state index >= 15 is 0 Å². The molecule has 0 spiro atoms. The molecule has 3 N–H and O–H groups in total. The fraction of sp³-hybridized carbons (Fsp3) is 0.500. The maximum Gasteiger partial charge on any atom is 0.315 e. The number of amides is 2. The van der Waals surface area contributed by atoms with E-state index in [0.717, 1.165) is 17.7 Å². The molecule has 0 saturated heterocycles. The largest absolute Gasteiger partial charge is 0.497 e. The summed E-state index contributed by atoms with van der Waals surface area (Å²) in [6.45, 7) is 3.67. The van der Waals surface area contributed by atoms with Crippen LogP contribution in [0.2, 0.25) is 0 Å². The van der Waals surface area contributed by atoms with Crippen LogP contribution in [-0.4, -0.2) is 30.9 Å². The molecule has 0 fully saturated rings. The highest BCUT2D eigenvalue weighted by atomic mass is 16.5. The molecule has 0 aliphatic carbocycles. The molecule has 2 atom stereocenters. The number of nitrogens with one attached hydrogen (secondary N) is 2. The van der Waals surface area contributed by atoms with Crippen LogP contribution in [0.1, 0.15) is 31.9 Å². The van der Waals surface area contributed by atoms with Crippen LogP contribution >= 0.6 is 0 Å². The third-order valence-electron chi connectivity index (χ3n) is 2.88. The first-order valence-electron chi connectivity index (χ1n) is 6.42. The quantitative estimate of drug-likeness (QED) is 0.735. The zero-order valence-electron chi connectivity index (χ0n) is 11.6. The minimum absolute atomic E-state index is 0.0585. The molecule has 19 heavy (non-hydrogen) atoms. The summed E-state index contributed by atoms with van der Waals surface area (Å²) in [5, 5.41) is 14.4. The Kier molecular flexibility index (Phi) is 6.15. The van der Waals surface area contributed by atoms with E-state index in [4.69, 9.17) is 9.84 Å². The van der Waals surface area contributed by atoms with E-state index < -0.39 is 0 Å². The second kappa shape index (κ2) is 7.63. The molecule has 0 aliphatic heterocycles. The molecule has 0 radical (unpaired) electrons. The SMILES string of the molecule is CCC(NC(=O)NC(C)CO)c1ccc(OC)cc1. The lowest BCUT2D eigenvalue weighted by atomic mass is 10.0. The van der Waals surface area contributed by atoms with Crippen molar-refractivity contribution in [2.45, 2.75) is 32.4 Å². The van der Waals surface area contributed by atoms with Crippen LogP contribution in [0.4, 0.5) is 4.79 Å². The normalized spacial score (nSPS) is 13.5. The average molecular weight is 266 g/mol. The highest BCUT2D eigenvalue weighted by Crippen LogP contribution is 2.19. The molecule has 1 aromatic carbocycles. The molecule has 2 amide bonds. The van der Waals surface area contributed by atoms with Crippen molar-refractivity contribution < 1.29 is 14.6 Å². The summed E-state index contributed by atoms with van der Waals surface area (Å²) in [7, 11) is 1.62. The second-order valence-electron chi connectivity index (χ2n) is 4.44. The number of rotatable bonds is 6. The molecule has 106 valence electrons. The van der Waals surface area contributed by atoms with Gasteiger partial charge in [-0.3, -0.25) is 0 Å². The van der Waals surface area contributed by atoms with Crippen LogP contribution in [0.5, 0.6) is 5.75 Å². The number of benzene rings is 1. The van der Waals surface area contributed by atoms with Gasteiger partial charge in [-0.15, -0.1) is 0 Å². The zero-order chi connectivity index (χ0) is 14.3. The summed E-state index contributed by atoms with van der Waals surface area (Å²) in [4.78, 5) is 11.7. The number of aliphatic hydroxyl groups excluding tert-OH is 1. The third kappa shape index (κ3) is 4.79. The Bertz CT molecular complexity index is 392. The smallest absolute Gasteiger partial charge is 0.315 e. The van der Waals surface area contributed by atoms with Crippen LogP contribution in [0.25, 0.3) is 0 Å². The van der Waals surface area contributed by atoms with Crippen molar-refractivity contribution in [2.75, 3.05) is 13.7 Å². The Hall–Kier alpha value is -1.75. The molecular weight excluding hydrogens is 244 g/mol. The Labute approximate surface area is 114 Å². The Morgan fingerprint density at radius 3 is 2.42 bits per heavy atom. The molecule has 0 aromatic heterocycles. The molecule has 2 unspecified atom stereocenters. The summed E-state index contributed by atoms with van der Waals surface area (Å²) in [6.07, 6.45) is 0.785. The van der Waals surface area contributed by atoms with E-state index in [-0.39, 0.29) is 24.7 Å². The van der Waals surface area contributed by atoms with Crippen molar-refractivity contribution in [3.63, 3.8) is 0 Å². The second-order valence-corrected chi connectivity index (χ2v) is 4.44. The monoisotopic (exact) mass is 266 g/mol. The summed E-state index contributed by atoms with van der Waals surface area (Å²) in [5.41, 5.74) is 1.02. The number of carbonyl (C=O) groups is 1.